The monoisotopic (exact) mass is 238 g/mol. The number of rotatable bonds is 6. The van der Waals surface area contributed by atoms with E-state index in [1.807, 2.05) is 38.1 Å². The summed E-state index contributed by atoms with van der Waals surface area (Å²) < 4.78 is 5.24. The Bertz CT molecular complexity index is 345. The van der Waals surface area contributed by atoms with Crippen LogP contribution in [0.2, 0.25) is 0 Å². The minimum Gasteiger partial charge on any atom is -0.395 e. The van der Waals surface area contributed by atoms with Crippen LogP contribution in [0.25, 0.3) is 0 Å². The zero-order chi connectivity index (χ0) is 12.9. The molecule has 3 nitrogen and oxygen atoms in total. The maximum atomic E-state index is 9.65. The van der Waals surface area contributed by atoms with Gasteiger partial charge >= 0.3 is 0 Å². The van der Waals surface area contributed by atoms with Crippen molar-refractivity contribution in [3.63, 3.8) is 0 Å². The van der Waals surface area contributed by atoms with Crippen molar-refractivity contribution < 1.29 is 14.9 Å². The van der Waals surface area contributed by atoms with Gasteiger partial charge in [-0.15, -0.1) is 0 Å². The molecule has 0 fully saturated rings. The van der Waals surface area contributed by atoms with E-state index in [9.17, 15) is 10.2 Å². The Kier molecular flexibility index (Phi) is 5.12. The molecule has 0 aliphatic carbocycles. The first-order chi connectivity index (χ1) is 8.07. The molecule has 0 aromatic heterocycles. The van der Waals surface area contributed by atoms with Crippen molar-refractivity contribution in [3.05, 3.63) is 35.4 Å². The number of hydrogen-bond donors (Lipinski definition) is 2. The number of methoxy groups -OCH3 is 1. The Balaban J connectivity index is 3.06. The van der Waals surface area contributed by atoms with Gasteiger partial charge in [0.25, 0.3) is 0 Å². The number of aliphatic hydroxyl groups is 2. The Labute approximate surface area is 103 Å². The molecule has 0 amide bonds. The third-order valence-corrected chi connectivity index (χ3v) is 3.32. The molecule has 0 saturated carbocycles. The zero-order valence-electron chi connectivity index (χ0n) is 10.8. The normalized spacial score (nSPS) is 13.7. The molecule has 1 aromatic rings. The van der Waals surface area contributed by atoms with Crippen molar-refractivity contribution in [1.82, 2.24) is 0 Å². The van der Waals surface area contributed by atoms with Crippen molar-refractivity contribution in [2.24, 2.45) is 0 Å². The Morgan fingerprint density at radius 3 is 2.41 bits per heavy atom. The highest BCUT2D eigenvalue weighted by atomic mass is 16.5. The van der Waals surface area contributed by atoms with Gasteiger partial charge in [0.05, 0.1) is 19.3 Å². The van der Waals surface area contributed by atoms with Gasteiger partial charge in [-0.1, -0.05) is 29.8 Å². The van der Waals surface area contributed by atoms with Gasteiger partial charge in [-0.25, -0.2) is 0 Å². The highest BCUT2D eigenvalue weighted by Gasteiger charge is 2.33. The van der Waals surface area contributed by atoms with Crippen molar-refractivity contribution in [2.45, 2.75) is 31.8 Å². The molecule has 1 rings (SSSR count). The van der Waals surface area contributed by atoms with Crippen LogP contribution in [0.3, 0.4) is 0 Å². The van der Waals surface area contributed by atoms with Gasteiger partial charge in [-0.2, -0.15) is 0 Å². The number of hydrogen-bond acceptors (Lipinski definition) is 3. The van der Waals surface area contributed by atoms with E-state index in [4.69, 9.17) is 4.74 Å². The molecule has 1 unspecified atom stereocenters. The number of aryl methyl sites for hydroxylation is 1. The molecule has 17 heavy (non-hydrogen) atoms. The van der Waals surface area contributed by atoms with Crippen LogP contribution in [0.4, 0.5) is 0 Å². The van der Waals surface area contributed by atoms with Gasteiger partial charge in [0.1, 0.15) is 0 Å². The number of aliphatic hydroxyl groups excluding tert-OH is 2. The molecular weight excluding hydrogens is 216 g/mol. The first-order valence-electron chi connectivity index (χ1n) is 5.89. The van der Waals surface area contributed by atoms with Crippen LogP contribution in [0.5, 0.6) is 0 Å². The summed E-state index contributed by atoms with van der Waals surface area (Å²) in [5, 5.41) is 19.3. The SMILES string of the molecule is COC(C)CC(CO)(CO)c1cccc(C)c1. The summed E-state index contributed by atoms with van der Waals surface area (Å²) in [6.45, 7) is 3.78. The van der Waals surface area contributed by atoms with Crippen LogP contribution in [0.15, 0.2) is 24.3 Å². The number of benzene rings is 1. The standard InChI is InChI=1S/C14H22O3/c1-11-5-4-6-13(7-11)14(9-15,10-16)8-12(2)17-3/h4-7,12,15-16H,8-10H2,1-3H3. The summed E-state index contributed by atoms with van der Waals surface area (Å²) in [7, 11) is 1.64. The van der Waals surface area contributed by atoms with E-state index in [1.165, 1.54) is 0 Å². The number of ether oxygens (including phenoxy) is 1. The van der Waals surface area contributed by atoms with E-state index >= 15 is 0 Å². The van der Waals surface area contributed by atoms with Crippen LogP contribution < -0.4 is 0 Å². The summed E-state index contributed by atoms with van der Waals surface area (Å²) in [4.78, 5) is 0. The predicted molar refractivity (Wildman–Crippen MR) is 68.1 cm³/mol. The molecule has 0 aliphatic heterocycles. The zero-order valence-corrected chi connectivity index (χ0v) is 10.8. The summed E-state index contributed by atoms with van der Waals surface area (Å²) >= 11 is 0. The minimum atomic E-state index is -0.624. The van der Waals surface area contributed by atoms with E-state index in [-0.39, 0.29) is 19.3 Å². The molecule has 2 N–H and O–H groups in total. The van der Waals surface area contributed by atoms with Crippen LogP contribution in [-0.4, -0.2) is 36.6 Å². The predicted octanol–water partition coefficient (Wildman–Crippen LogP) is 1.64. The second-order valence-corrected chi connectivity index (χ2v) is 4.72. The smallest absolute Gasteiger partial charge is 0.0553 e. The molecule has 0 heterocycles. The van der Waals surface area contributed by atoms with Gasteiger partial charge < -0.3 is 14.9 Å². The minimum absolute atomic E-state index is 0.00480. The average molecular weight is 238 g/mol. The topological polar surface area (TPSA) is 49.7 Å². The first kappa shape index (κ1) is 14.2. The van der Waals surface area contributed by atoms with Crippen molar-refractivity contribution >= 4 is 0 Å². The van der Waals surface area contributed by atoms with Gasteiger partial charge in [0, 0.05) is 12.5 Å². The molecule has 96 valence electrons. The van der Waals surface area contributed by atoms with E-state index in [1.54, 1.807) is 7.11 Å². The molecular formula is C14H22O3. The lowest BCUT2D eigenvalue weighted by molar-refractivity contribution is 0.0405. The fourth-order valence-corrected chi connectivity index (χ4v) is 2.09. The van der Waals surface area contributed by atoms with E-state index in [2.05, 4.69) is 0 Å². The molecule has 0 saturated heterocycles. The summed E-state index contributed by atoms with van der Waals surface area (Å²) in [5.41, 5.74) is 1.46. The highest BCUT2D eigenvalue weighted by molar-refractivity contribution is 5.30. The first-order valence-corrected chi connectivity index (χ1v) is 5.89. The summed E-state index contributed by atoms with van der Waals surface area (Å²) in [5.74, 6) is 0. The lowest BCUT2D eigenvalue weighted by Gasteiger charge is -2.32. The molecule has 0 radical (unpaired) electrons. The highest BCUT2D eigenvalue weighted by Crippen LogP contribution is 2.30. The third-order valence-electron chi connectivity index (χ3n) is 3.32. The third kappa shape index (κ3) is 3.28. The molecule has 0 aliphatic rings. The maximum Gasteiger partial charge on any atom is 0.0553 e. The van der Waals surface area contributed by atoms with Crippen molar-refractivity contribution in [1.29, 1.82) is 0 Å². The summed E-state index contributed by atoms with van der Waals surface area (Å²) in [6, 6.07) is 7.90. The van der Waals surface area contributed by atoms with Gasteiger partial charge in [-0.3, -0.25) is 0 Å². The van der Waals surface area contributed by atoms with Gasteiger partial charge in [0.2, 0.25) is 0 Å². The Morgan fingerprint density at radius 1 is 1.29 bits per heavy atom. The van der Waals surface area contributed by atoms with Gasteiger partial charge in [0.15, 0.2) is 0 Å². The lowest BCUT2D eigenvalue weighted by atomic mass is 9.77. The molecule has 0 bridgehead atoms. The Hall–Kier alpha value is -0.900. The summed E-state index contributed by atoms with van der Waals surface area (Å²) in [6.07, 6.45) is 0.592. The van der Waals surface area contributed by atoms with E-state index in [0.29, 0.717) is 6.42 Å². The second kappa shape index (κ2) is 6.15. The van der Waals surface area contributed by atoms with Crippen molar-refractivity contribution in [2.75, 3.05) is 20.3 Å². The second-order valence-electron chi connectivity index (χ2n) is 4.72. The fourth-order valence-electron chi connectivity index (χ4n) is 2.09. The Morgan fingerprint density at radius 2 is 1.94 bits per heavy atom. The van der Waals surface area contributed by atoms with Crippen molar-refractivity contribution in [3.8, 4) is 0 Å². The molecule has 3 heteroatoms. The quantitative estimate of drug-likeness (QED) is 0.792. The van der Waals surface area contributed by atoms with E-state index < -0.39 is 5.41 Å². The molecule has 0 spiro atoms. The average Bonchev–Trinajstić information content (AvgIpc) is 2.35. The molecule has 1 aromatic carbocycles. The van der Waals surface area contributed by atoms with E-state index in [0.717, 1.165) is 11.1 Å². The van der Waals surface area contributed by atoms with Crippen LogP contribution in [0.1, 0.15) is 24.5 Å². The van der Waals surface area contributed by atoms with Crippen LogP contribution >= 0.6 is 0 Å². The van der Waals surface area contributed by atoms with Crippen LogP contribution in [0, 0.1) is 6.92 Å². The van der Waals surface area contributed by atoms with Gasteiger partial charge in [-0.05, 0) is 25.8 Å². The lowest BCUT2D eigenvalue weighted by Crippen LogP contribution is -2.38. The molecule has 1 atom stereocenters. The fraction of sp³-hybridized carbons (Fsp3) is 0.571. The van der Waals surface area contributed by atoms with Crippen LogP contribution in [-0.2, 0) is 10.2 Å². The maximum absolute atomic E-state index is 9.65. The largest absolute Gasteiger partial charge is 0.395 e.